The minimum absolute atomic E-state index is 0.0216. The summed E-state index contributed by atoms with van der Waals surface area (Å²) in [5, 5.41) is 2.56. The van der Waals surface area contributed by atoms with Crippen LogP contribution in [0.15, 0.2) is 55.1 Å². The molecule has 170 valence electrons. The topological polar surface area (TPSA) is 61.9 Å². The lowest BCUT2D eigenvalue weighted by Gasteiger charge is -2.40. The molecule has 3 rings (SSSR count). The van der Waals surface area contributed by atoms with Crippen LogP contribution in [0.25, 0.3) is 0 Å². The molecule has 2 aromatic rings. The summed E-state index contributed by atoms with van der Waals surface area (Å²) in [5.74, 6) is -1.69. The summed E-state index contributed by atoms with van der Waals surface area (Å²) < 4.78 is 33.6. The van der Waals surface area contributed by atoms with Crippen molar-refractivity contribution in [3.63, 3.8) is 0 Å². The molecular formula is C24H27F2N3O3. The first kappa shape index (κ1) is 23.4. The molecule has 0 aromatic heterocycles. The van der Waals surface area contributed by atoms with E-state index in [1.807, 2.05) is 6.92 Å². The third-order valence-electron chi connectivity index (χ3n) is 5.53. The van der Waals surface area contributed by atoms with Gasteiger partial charge in [-0.05, 0) is 55.0 Å². The zero-order valence-corrected chi connectivity index (χ0v) is 18.2. The Bertz CT molecular complexity index is 981. The number of rotatable bonds is 7. The maximum absolute atomic E-state index is 13.9. The largest absolute Gasteiger partial charge is 0.484 e. The number of carbonyl (C=O) groups is 2. The minimum Gasteiger partial charge on any atom is -0.484 e. The molecule has 2 aromatic carbocycles. The smallest absolute Gasteiger partial charge is 0.251 e. The molecule has 8 heteroatoms. The van der Waals surface area contributed by atoms with Crippen molar-refractivity contribution in [2.24, 2.45) is 0 Å². The number of carbonyl (C=O) groups excluding carboxylic acids is 2. The van der Waals surface area contributed by atoms with Crippen LogP contribution in [0.2, 0.25) is 0 Å². The van der Waals surface area contributed by atoms with Crippen molar-refractivity contribution < 1.29 is 23.1 Å². The number of piperazine rings is 1. The summed E-state index contributed by atoms with van der Waals surface area (Å²) in [5.41, 5.74) is 0.984. The van der Waals surface area contributed by atoms with E-state index < -0.39 is 17.7 Å². The molecule has 0 saturated carbocycles. The van der Waals surface area contributed by atoms with Crippen LogP contribution in [-0.2, 0) is 4.79 Å². The van der Waals surface area contributed by atoms with Crippen molar-refractivity contribution in [3.05, 3.63) is 77.9 Å². The predicted octanol–water partition coefficient (Wildman–Crippen LogP) is 3.16. The second kappa shape index (κ2) is 10.4. The van der Waals surface area contributed by atoms with Crippen LogP contribution in [0.1, 0.15) is 28.9 Å². The Morgan fingerprint density at radius 1 is 1.19 bits per heavy atom. The van der Waals surface area contributed by atoms with Gasteiger partial charge in [-0.3, -0.25) is 14.5 Å². The number of hydrogen-bond donors (Lipinski definition) is 1. The van der Waals surface area contributed by atoms with Gasteiger partial charge in [0.25, 0.3) is 5.91 Å². The first-order valence-corrected chi connectivity index (χ1v) is 10.4. The SMILES string of the molecule is C=CC(=O)N1CCN(C[C@@H](Oc2ccc(C(=O)NC)cc2)c2ccc(F)c(F)c2)C[C@H]1C. The number of nitrogens with one attached hydrogen (secondary N) is 1. The van der Waals surface area contributed by atoms with Crippen LogP contribution in [0.5, 0.6) is 5.75 Å². The van der Waals surface area contributed by atoms with Crippen LogP contribution in [0, 0.1) is 11.6 Å². The molecule has 0 aliphatic carbocycles. The van der Waals surface area contributed by atoms with E-state index in [4.69, 9.17) is 4.74 Å². The molecule has 0 bridgehead atoms. The third kappa shape index (κ3) is 5.50. The molecule has 6 nitrogen and oxygen atoms in total. The lowest BCUT2D eigenvalue weighted by Crippen LogP contribution is -2.54. The highest BCUT2D eigenvalue weighted by Crippen LogP contribution is 2.26. The second-order valence-electron chi connectivity index (χ2n) is 7.73. The van der Waals surface area contributed by atoms with E-state index in [1.165, 1.54) is 12.1 Å². The summed E-state index contributed by atoms with van der Waals surface area (Å²) in [4.78, 5) is 27.6. The summed E-state index contributed by atoms with van der Waals surface area (Å²) in [6.45, 7) is 7.69. The Balaban J connectivity index is 1.79. The molecule has 0 unspecified atom stereocenters. The molecule has 1 fully saturated rings. The van der Waals surface area contributed by atoms with Gasteiger partial charge in [0.2, 0.25) is 5.91 Å². The molecule has 0 radical (unpaired) electrons. The first-order chi connectivity index (χ1) is 15.3. The molecule has 1 aliphatic rings. The van der Waals surface area contributed by atoms with Gasteiger partial charge in [-0.1, -0.05) is 12.6 Å². The number of hydrogen-bond acceptors (Lipinski definition) is 4. The van der Waals surface area contributed by atoms with Crippen LogP contribution < -0.4 is 10.1 Å². The van der Waals surface area contributed by atoms with Gasteiger partial charge in [0, 0.05) is 44.8 Å². The Kier molecular flexibility index (Phi) is 7.58. The number of halogens is 2. The van der Waals surface area contributed by atoms with Crippen molar-refractivity contribution in [3.8, 4) is 5.75 Å². The van der Waals surface area contributed by atoms with E-state index in [2.05, 4.69) is 16.8 Å². The molecule has 1 saturated heterocycles. The Hall–Kier alpha value is -3.26. The van der Waals surface area contributed by atoms with Gasteiger partial charge in [0.05, 0.1) is 0 Å². The van der Waals surface area contributed by atoms with Crippen LogP contribution in [0.4, 0.5) is 8.78 Å². The fraction of sp³-hybridized carbons (Fsp3) is 0.333. The fourth-order valence-corrected chi connectivity index (χ4v) is 3.79. The third-order valence-corrected chi connectivity index (χ3v) is 5.53. The second-order valence-corrected chi connectivity index (χ2v) is 7.73. The van der Waals surface area contributed by atoms with Gasteiger partial charge < -0.3 is 15.0 Å². The van der Waals surface area contributed by atoms with E-state index in [9.17, 15) is 18.4 Å². The van der Waals surface area contributed by atoms with Crippen molar-refractivity contribution in [1.82, 2.24) is 15.1 Å². The molecule has 32 heavy (non-hydrogen) atoms. The lowest BCUT2D eigenvalue weighted by molar-refractivity contribution is -0.130. The molecule has 1 heterocycles. The summed E-state index contributed by atoms with van der Waals surface area (Å²) in [6, 6.07) is 10.3. The molecule has 0 spiro atoms. The molecule has 2 amide bonds. The highest BCUT2D eigenvalue weighted by molar-refractivity contribution is 5.94. The van der Waals surface area contributed by atoms with Crippen LogP contribution in [0.3, 0.4) is 0 Å². The molecule has 2 atom stereocenters. The zero-order chi connectivity index (χ0) is 23.3. The van der Waals surface area contributed by atoms with E-state index in [0.717, 1.165) is 12.1 Å². The molecular weight excluding hydrogens is 416 g/mol. The normalized spacial score (nSPS) is 17.5. The van der Waals surface area contributed by atoms with Gasteiger partial charge in [-0.25, -0.2) is 8.78 Å². The maximum Gasteiger partial charge on any atom is 0.251 e. The predicted molar refractivity (Wildman–Crippen MR) is 117 cm³/mol. The number of amides is 2. The van der Waals surface area contributed by atoms with Crippen molar-refractivity contribution >= 4 is 11.8 Å². The summed E-state index contributed by atoms with van der Waals surface area (Å²) >= 11 is 0. The molecule has 1 N–H and O–H groups in total. The van der Waals surface area contributed by atoms with Gasteiger partial charge >= 0.3 is 0 Å². The summed E-state index contributed by atoms with van der Waals surface area (Å²) in [6.07, 6.45) is 0.728. The Morgan fingerprint density at radius 3 is 2.50 bits per heavy atom. The number of benzene rings is 2. The van der Waals surface area contributed by atoms with Crippen molar-refractivity contribution in [1.29, 1.82) is 0 Å². The van der Waals surface area contributed by atoms with Gasteiger partial charge in [-0.15, -0.1) is 0 Å². The van der Waals surface area contributed by atoms with E-state index >= 15 is 0 Å². The van der Waals surface area contributed by atoms with Crippen molar-refractivity contribution in [2.45, 2.75) is 19.1 Å². The zero-order valence-electron chi connectivity index (χ0n) is 18.2. The van der Waals surface area contributed by atoms with Gasteiger partial charge in [0.1, 0.15) is 11.9 Å². The van der Waals surface area contributed by atoms with Crippen LogP contribution in [-0.4, -0.2) is 60.9 Å². The first-order valence-electron chi connectivity index (χ1n) is 10.4. The summed E-state index contributed by atoms with van der Waals surface area (Å²) in [7, 11) is 1.55. The van der Waals surface area contributed by atoms with Gasteiger partial charge in [0.15, 0.2) is 11.6 Å². The van der Waals surface area contributed by atoms with E-state index in [0.29, 0.717) is 43.1 Å². The lowest BCUT2D eigenvalue weighted by atomic mass is 10.1. The van der Waals surface area contributed by atoms with Crippen molar-refractivity contribution in [2.75, 3.05) is 33.2 Å². The highest BCUT2D eigenvalue weighted by atomic mass is 19.2. The number of nitrogens with zero attached hydrogens (tertiary/aromatic N) is 2. The Labute approximate surface area is 186 Å². The average Bonchev–Trinajstić information content (AvgIpc) is 2.80. The average molecular weight is 443 g/mol. The maximum atomic E-state index is 13.9. The number of ether oxygens (including phenoxy) is 1. The Morgan fingerprint density at radius 2 is 1.91 bits per heavy atom. The minimum atomic E-state index is -0.944. The quantitative estimate of drug-likeness (QED) is 0.668. The standard InChI is InChI=1S/C24H27F2N3O3/c1-4-23(30)29-12-11-28(14-16(29)2)15-22(18-7-10-20(25)21(26)13-18)32-19-8-5-17(6-9-19)24(31)27-3/h4-10,13,16,22H,1,11-12,14-15H2,2-3H3,(H,27,31)/t16-,22-/m1/s1. The highest BCUT2D eigenvalue weighted by Gasteiger charge is 2.28. The monoisotopic (exact) mass is 443 g/mol. The fourth-order valence-electron chi connectivity index (χ4n) is 3.79. The van der Waals surface area contributed by atoms with Crippen LogP contribution >= 0.6 is 0 Å². The van der Waals surface area contributed by atoms with E-state index in [1.54, 1.807) is 36.2 Å². The van der Waals surface area contributed by atoms with Gasteiger partial charge in [-0.2, -0.15) is 0 Å². The van der Waals surface area contributed by atoms with E-state index in [-0.39, 0.29) is 17.9 Å². The molecule has 1 aliphatic heterocycles.